The molecule has 0 spiro atoms. The zero-order valence-electron chi connectivity index (χ0n) is 12.2. The summed E-state index contributed by atoms with van der Waals surface area (Å²) in [6.07, 6.45) is 5.46. The lowest BCUT2D eigenvalue weighted by Gasteiger charge is -2.29. The molecule has 20 heavy (non-hydrogen) atoms. The van der Waals surface area contributed by atoms with Crippen LogP contribution in [-0.4, -0.2) is 35.3 Å². The van der Waals surface area contributed by atoms with E-state index >= 15 is 0 Å². The molecule has 3 atom stereocenters. The molecular formula is C17H24N2S. The van der Waals surface area contributed by atoms with Crippen molar-refractivity contribution >= 4 is 11.8 Å². The van der Waals surface area contributed by atoms with Gasteiger partial charge in [0.05, 0.1) is 0 Å². The normalized spacial score (nSPS) is 34.1. The third-order valence-corrected chi connectivity index (χ3v) is 6.16. The molecule has 1 aromatic carbocycles. The van der Waals surface area contributed by atoms with Gasteiger partial charge in [0.15, 0.2) is 0 Å². The maximum Gasteiger partial charge on any atom is 0.0342 e. The molecule has 0 aromatic heterocycles. The van der Waals surface area contributed by atoms with E-state index in [4.69, 9.17) is 0 Å². The molecule has 0 radical (unpaired) electrons. The van der Waals surface area contributed by atoms with Gasteiger partial charge in [-0.05, 0) is 50.0 Å². The summed E-state index contributed by atoms with van der Waals surface area (Å²) in [5.41, 5.74) is 1.53. The van der Waals surface area contributed by atoms with E-state index in [0.29, 0.717) is 12.1 Å². The second kappa shape index (κ2) is 5.36. The molecule has 1 N–H and O–H groups in total. The van der Waals surface area contributed by atoms with Crippen LogP contribution in [0.2, 0.25) is 0 Å². The standard InChI is InChI=1S/C17H24N2S/c1-12-10-13(11-19(12)14-6-7-14)18-16-8-9-20-17-5-3-2-4-15(16)17/h2-5,12-14,16,18H,6-11H2,1H3. The van der Waals surface area contributed by atoms with Crippen molar-refractivity contribution in [2.75, 3.05) is 12.3 Å². The van der Waals surface area contributed by atoms with Crippen molar-refractivity contribution in [1.82, 2.24) is 10.2 Å². The lowest BCUT2D eigenvalue weighted by atomic mass is 10.0. The maximum atomic E-state index is 3.96. The molecule has 1 aromatic rings. The first kappa shape index (κ1) is 13.2. The molecule has 0 amide bonds. The summed E-state index contributed by atoms with van der Waals surface area (Å²) in [6, 6.07) is 11.9. The summed E-state index contributed by atoms with van der Waals surface area (Å²) >= 11 is 2.02. The van der Waals surface area contributed by atoms with Gasteiger partial charge in [-0.1, -0.05) is 18.2 Å². The molecule has 2 aliphatic heterocycles. The minimum absolute atomic E-state index is 0.573. The summed E-state index contributed by atoms with van der Waals surface area (Å²) in [6.45, 7) is 3.67. The van der Waals surface area contributed by atoms with Crippen LogP contribution in [0.5, 0.6) is 0 Å². The SMILES string of the molecule is CC1CC(NC2CCSc3ccccc32)CN1C1CC1. The highest BCUT2D eigenvalue weighted by Gasteiger charge is 2.39. The fourth-order valence-corrected chi connectivity index (χ4v) is 5.02. The van der Waals surface area contributed by atoms with Gasteiger partial charge in [0.1, 0.15) is 0 Å². The van der Waals surface area contributed by atoms with Gasteiger partial charge < -0.3 is 5.32 Å². The van der Waals surface area contributed by atoms with E-state index in [1.165, 1.54) is 48.4 Å². The molecule has 3 unspecified atom stereocenters. The Labute approximate surface area is 126 Å². The second-order valence-corrected chi connectivity index (χ2v) is 7.74. The van der Waals surface area contributed by atoms with Gasteiger partial charge >= 0.3 is 0 Å². The first-order valence-corrected chi connectivity index (χ1v) is 9.03. The van der Waals surface area contributed by atoms with Crippen LogP contribution in [0.25, 0.3) is 0 Å². The molecule has 1 saturated heterocycles. The van der Waals surface area contributed by atoms with E-state index < -0.39 is 0 Å². The summed E-state index contributed by atoms with van der Waals surface area (Å²) < 4.78 is 0. The Bertz CT molecular complexity index is 486. The van der Waals surface area contributed by atoms with Crippen LogP contribution in [0, 0.1) is 0 Å². The van der Waals surface area contributed by atoms with E-state index in [0.717, 1.165) is 12.1 Å². The number of rotatable bonds is 3. The van der Waals surface area contributed by atoms with Crippen LogP contribution < -0.4 is 5.32 Å². The van der Waals surface area contributed by atoms with Gasteiger partial charge in [-0.2, -0.15) is 0 Å². The van der Waals surface area contributed by atoms with Crippen molar-refractivity contribution in [3.8, 4) is 0 Å². The van der Waals surface area contributed by atoms with Crippen LogP contribution in [0.1, 0.15) is 44.2 Å². The molecule has 108 valence electrons. The van der Waals surface area contributed by atoms with E-state index in [1.807, 2.05) is 11.8 Å². The molecule has 1 aliphatic carbocycles. The zero-order valence-corrected chi connectivity index (χ0v) is 13.0. The van der Waals surface area contributed by atoms with Crippen molar-refractivity contribution in [3.63, 3.8) is 0 Å². The maximum absolute atomic E-state index is 3.96. The van der Waals surface area contributed by atoms with Crippen LogP contribution in [0.3, 0.4) is 0 Å². The highest BCUT2D eigenvalue weighted by Crippen LogP contribution is 2.38. The lowest BCUT2D eigenvalue weighted by Crippen LogP contribution is -2.37. The largest absolute Gasteiger partial charge is 0.306 e. The highest BCUT2D eigenvalue weighted by molar-refractivity contribution is 7.99. The van der Waals surface area contributed by atoms with E-state index in [2.05, 4.69) is 41.4 Å². The monoisotopic (exact) mass is 288 g/mol. The summed E-state index contributed by atoms with van der Waals surface area (Å²) in [5.74, 6) is 1.25. The van der Waals surface area contributed by atoms with Gasteiger partial charge in [0.25, 0.3) is 0 Å². The van der Waals surface area contributed by atoms with Gasteiger partial charge in [-0.25, -0.2) is 0 Å². The van der Waals surface area contributed by atoms with Crippen LogP contribution >= 0.6 is 11.8 Å². The predicted molar refractivity (Wildman–Crippen MR) is 85.3 cm³/mol. The van der Waals surface area contributed by atoms with E-state index in [9.17, 15) is 0 Å². The number of benzene rings is 1. The minimum atomic E-state index is 0.573. The molecule has 1 saturated carbocycles. The van der Waals surface area contributed by atoms with Crippen LogP contribution in [0.4, 0.5) is 0 Å². The molecule has 2 nitrogen and oxygen atoms in total. The van der Waals surface area contributed by atoms with Crippen LogP contribution in [0.15, 0.2) is 29.2 Å². The first-order chi connectivity index (χ1) is 9.81. The topological polar surface area (TPSA) is 15.3 Å². The molecular weight excluding hydrogens is 264 g/mol. The number of nitrogens with one attached hydrogen (secondary N) is 1. The highest BCUT2D eigenvalue weighted by atomic mass is 32.2. The van der Waals surface area contributed by atoms with Gasteiger partial charge in [-0.15, -0.1) is 11.8 Å². The van der Waals surface area contributed by atoms with Crippen molar-refractivity contribution in [1.29, 1.82) is 0 Å². The number of nitrogens with zero attached hydrogens (tertiary/aromatic N) is 1. The van der Waals surface area contributed by atoms with E-state index in [-0.39, 0.29) is 0 Å². The average Bonchev–Trinajstić information content (AvgIpc) is 3.24. The zero-order chi connectivity index (χ0) is 13.5. The number of hydrogen-bond acceptors (Lipinski definition) is 3. The molecule has 3 heteroatoms. The first-order valence-electron chi connectivity index (χ1n) is 8.05. The Morgan fingerprint density at radius 2 is 2.05 bits per heavy atom. The minimum Gasteiger partial charge on any atom is -0.306 e. The average molecular weight is 288 g/mol. The van der Waals surface area contributed by atoms with Crippen molar-refractivity contribution in [2.24, 2.45) is 0 Å². The third-order valence-electron chi connectivity index (χ3n) is 5.03. The number of hydrogen-bond donors (Lipinski definition) is 1. The Kier molecular flexibility index (Phi) is 3.53. The molecule has 2 fully saturated rings. The Balaban J connectivity index is 1.45. The number of likely N-dealkylation sites (tertiary alicyclic amines) is 1. The lowest BCUT2D eigenvalue weighted by molar-refractivity contribution is 0.253. The summed E-state index contributed by atoms with van der Waals surface area (Å²) in [7, 11) is 0. The van der Waals surface area contributed by atoms with E-state index in [1.54, 1.807) is 0 Å². The quantitative estimate of drug-likeness (QED) is 0.917. The van der Waals surface area contributed by atoms with Crippen molar-refractivity contribution in [2.45, 2.75) is 61.7 Å². The molecule has 0 bridgehead atoms. The second-order valence-electron chi connectivity index (χ2n) is 6.60. The number of fused-ring (bicyclic) bond motifs is 1. The van der Waals surface area contributed by atoms with Gasteiger partial charge in [0, 0.05) is 35.6 Å². The van der Waals surface area contributed by atoms with Crippen molar-refractivity contribution < 1.29 is 0 Å². The van der Waals surface area contributed by atoms with Gasteiger partial charge in [-0.3, -0.25) is 4.90 Å². The third kappa shape index (κ3) is 2.51. The van der Waals surface area contributed by atoms with Gasteiger partial charge in [0.2, 0.25) is 0 Å². The summed E-state index contributed by atoms with van der Waals surface area (Å²) in [4.78, 5) is 4.22. The molecule has 2 heterocycles. The summed E-state index contributed by atoms with van der Waals surface area (Å²) in [5, 5.41) is 3.96. The Morgan fingerprint density at radius 3 is 2.90 bits per heavy atom. The predicted octanol–water partition coefficient (Wildman–Crippen LogP) is 3.44. The molecule has 3 aliphatic rings. The van der Waals surface area contributed by atoms with Crippen LogP contribution in [-0.2, 0) is 0 Å². The number of thioether (sulfide) groups is 1. The fraction of sp³-hybridized carbons (Fsp3) is 0.647. The fourth-order valence-electron chi connectivity index (χ4n) is 3.89. The Hall–Kier alpha value is -0.510. The molecule has 4 rings (SSSR count). The van der Waals surface area contributed by atoms with Crippen molar-refractivity contribution in [3.05, 3.63) is 29.8 Å². The smallest absolute Gasteiger partial charge is 0.0342 e. The Morgan fingerprint density at radius 1 is 1.20 bits per heavy atom.